The lowest BCUT2D eigenvalue weighted by Gasteiger charge is -2.25. The molecule has 0 amide bonds. The summed E-state index contributed by atoms with van der Waals surface area (Å²) in [5, 5.41) is 2.99. The zero-order valence-corrected chi connectivity index (χ0v) is 14.8. The second-order valence-electron chi connectivity index (χ2n) is 5.66. The quantitative estimate of drug-likeness (QED) is 0.626. The van der Waals surface area contributed by atoms with Crippen LogP contribution in [-0.4, -0.2) is 30.7 Å². The highest BCUT2D eigenvalue weighted by Crippen LogP contribution is 2.33. The van der Waals surface area contributed by atoms with Crippen LogP contribution in [0.3, 0.4) is 0 Å². The summed E-state index contributed by atoms with van der Waals surface area (Å²) in [6.07, 6.45) is 3.74. The fraction of sp³-hybridized carbons (Fsp3) is 0.400. The summed E-state index contributed by atoms with van der Waals surface area (Å²) in [7, 11) is -0.247. The van der Waals surface area contributed by atoms with E-state index in [4.69, 9.17) is 0 Å². The van der Waals surface area contributed by atoms with E-state index in [0.717, 1.165) is 0 Å². The maximum Gasteiger partial charge on any atom is 0.00267 e. The van der Waals surface area contributed by atoms with Gasteiger partial charge in [0.1, 0.15) is 0 Å². The van der Waals surface area contributed by atoms with Crippen molar-refractivity contribution in [2.24, 2.45) is 0 Å². The summed E-state index contributed by atoms with van der Waals surface area (Å²) in [6, 6.07) is 22.1. The molecule has 0 heterocycles. The third kappa shape index (κ3) is 5.23. The third-order valence-corrected chi connectivity index (χ3v) is 6.35. The van der Waals surface area contributed by atoms with Crippen LogP contribution < -0.4 is 10.6 Å². The van der Waals surface area contributed by atoms with Crippen LogP contribution in [0.2, 0.25) is 0 Å². The Morgan fingerprint density at radius 2 is 1.14 bits per heavy atom. The van der Waals surface area contributed by atoms with Crippen LogP contribution in [0.1, 0.15) is 26.7 Å². The van der Waals surface area contributed by atoms with Crippen LogP contribution in [0.5, 0.6) is 0 Å². The molecule has 0 radical (unpaired) electrons. The van der Waals surface area contributed by atoms with Crippen LogP contribution in [0, 0.1) is 0 Å². The van der Waals surface area contributed by atoms with Crippen molar-refractivity contribution in [3.8, 4) is 0 Å². The summed E-state index contributed by atoms with van der Waals surface area (Å²) in [6.45, 7) is 8.21. The summed E-state index contributed by atoms with van der Waals surface area (Å²) in [5.41, 5.74) is 0. The molecule has 22 heavy (non-hydrogen) atoms. The molecule has 0 saturated heterocycles. The normalized spacial score (nSPS) is 11.3. The second-order valence-corrected chi connectivity index (χ2v) is 8.00. The minimum absolute atomic E-state index is 0.247. The highest BCUT2D eigenvalue weighted by atomic mass is 31.1. The van der Waals surface area contributed by atoms with Gasteiger partial charge in [0.2, 0.25) is 0 Å². The van der Waals surface area contributed by atoms with Gasteiger partial charge in [-0.15, -0.1) is 0 Å². The van der Waals surface area contributed by atoms with Gasteiger partial charge in [0, 0.05) is 6.54 Å². The van der Waals surface area contributed by atoms with E-state index in [1.54, 1.807) is 0 Å². The number of hydrogen-bond donors (Lipinski definition) is 0. The van der Waals surface area contributed by atoms with E-state index in [0.29, 0.717) is 0 Å². The predicted octanol–water partition coefficient (Wildman–Crippen LogP) is 4.24. The molecule has 0 fully saturated rings. The van der Waals surface area contributed by atoms with Crippen molar-refractivity contribution in [3.05, 3.63) is 60.7 Å². The van der Waals surface area contributed by atoms with Gasteiger partial charge in [0.25, 0.3) is 0 Å². The van der Waals surface area contributed by atoms with E-state index >= 15 is 0 Å². The first-order chi connectivity index (χ1) is 10.8. The molecule has 118 valence electrons. The average molecular weight is 313 g/mol. The Kier molecular flexibility index (Phi) is 7.63. The SMILES string of the molecule is CCCN(CCC)CCP(c1ccccc1)c1ccccc1. The van der Waals surface area contributed by atoms with Crippen molar-refractivity contribution >= 4 is 18.5 Å². The Morgan fingerprint density at radius 3 is 1.55 bits per heavy atom. The van der Waals surface area contributed by atoms with Gasteiger partial charge in [0.15, 0.2) is 0 Å². The van der Waals surface area contributed by atoms with Gasteiger partial charge in [-0.25, -0.2) is 0 Å². The van der Waals surface area contributed by atoms with E-state index in [-0.39, 0.29) is 7.92 Å². The molecule has 0 bridgehead atoms. The van der Waals surface area contributed by atoms with Crippen LogP contribution in [0.4, 0.5) is 0 Å². The van der Waals surface area contributed by atoms with Gasteiger partial charge in [-0.3, -0.25) is 0 Å². The summed E-state index contributed by atoms with van der Waals surface area (Å²) in [5.74, 6) is 0. The first-order valence-electron chi connectivity index (χ1n) is 8.45. The van der Waals surface area contributed by atoms with E-state index in [2.05, 4.69) is 79.4 Å². The lowest BCUT2D eigenvalue weighted by atomic mass is 10.3. The number of hydrogen-bond acceptors (Lipinski definition) is 1. The summed E-state index contributed by atoms with van der Waals surface area (Å²) >= 11 is 0. The van der Waals surface area contributed by atoms with Crippen LogP contribution in [-0.2, 0) is 0 Å². The van der Waals surface area contributed by atoms with Crippen molar-refractivity contribution in [1.29, 1.82) is 0 Å². The van der Waals surface area contributed by atoms with Gasteiger partial charge in [0.05, 0.1) is 0 Å². The maximum atomic E-state index is 2.63. The monoisotopic (exact) mass is 313 g/mol. The van der Waals surface area contributed by atoms with Crippen molar-refractivity contribution in [1.82, 2.24) is 4.90 Å². The van der Waals surface area contributed by atoms with E-state index < -0.39 is 0 Å². The second kappa shape index (κ2) is 9.77. The van der Waals surface area contributed by atoms with Gasteiger partial charge in [-0.05, 0) is 50.6 Å². The van der Waals surface area contributed by atoms with Gasteiger partial charge in [-0.1, -0.05) is 74.5 Å². The highest BCUT2D eigenvalue weighted by Gasteiger charge is 2.14. The van der Waals surface area contributed by atoms with Gasteiger partial charge in [-0.2, -0.15) is 0 Å². The molecule has 0 N–H and O–H groups in total. The fourth-order valence-electron chi connectivity index (χ4n) is 2.83. The molecule has 0 saturated carbocycles. The molecule has 0 aliphatic carbocycles. The predicted molar refractivity (Wildman–Crippen MR) is 101 cm³/mol. The Morgan fingerprint density at radius 1 is 0.682 bits per heavy atom. The van der Waals surface area contributed by atoms with Crippen molar-refractivity contribution in [3.63, 3.8) is 0 Å². The van der Waals surface area contributed by atoms with Crippen molar-refractivity contribution in [2.45, 2.75) is 26.7 Å². The van der Waals surface area contributed by atoms with Crippen LogP contribution >= 0.6 is 7.92 Å². The fourth-order valence-corrected chi connectivity index (χ4v) is 5.19. The van der Waals surface area contributed by atoms with Crippen molar-refractivity contribution < 1.29 is 0 Å². The molecule has 0 aliphatic heterocycles. The molecule has 0 aromatic heterocycles. The van der Waals surface area contributed by atoms with Gasteiger partial charge >= 0.3 is 0 Å². The Labute approximate surface area is 137 Å². The molecular formula is C20H28NP. The molecule has 0 unspecified atom stereocenters. The number of benzene rings is 2. The van der Waals surface area contributed by atoms with E-state index in [1.165, 1.54) is 49.2 Å². The minimum Gasteiger partial charge on any atom is -0.303 e. The Hall–Kier alpha value is -1.17. The molecular weight excluding hydrogens is 285 g/mol. The molecule has 2 rings (SSSR count). The molecule has 2 aromatic rings. The zero-order valence-electron chi connectivity index (χ0n) is 13.9. The molecule has 0 aliphatic rings. The standard InChI is InChI=1S/C20H28NP/c1-3-15-21(16-4-2)17-18-22(19-11-7-5-8-12-19)20-13-9-6-10-14-20/h5-14H,3-4,15-18H2,1-2H3. The first kappa shape index (κ1) is 17.2. The zero-order chi connectivity index (χ0) is 15.6. The Balaban J connectivity index is 2.12. The maximum absolute atomic E-state index is 2.63. The lowest BCUT2D eigenvalue weighted by Crippen LogP contribution is -2.30. The van der Waals surface area contributed by atoms with Crippen LogP contribution in [0.25, 0.3) is 0 Å². The summed E-state index contributed by atoms with van der Waals surface area (Å²) < 4.78 is 0. The summed E-state index contributed by atoms with van der Waals surface area (Å²) in [4.78, 5) is 2.63. The highest BCUT2D eigenvalue weighted by molar-refractivity contribution is 7.73. The topological polar surface area (TPSA) is 3.24 Å². The van der Waals surface area contributed by atoms with Gasteiger partial charge < -0.3 is 4.90 Å². The molecule has 2 aromatic carbocycles. The van der Waals surface area contributed by atoms with E-state index in [9.17, 15) is 0 Å². The molecule has 1 nitrogen and oxygen atoms in total. The molecule has 0 spiro atoms. The first-order valence-corrected chi connectivity index (χ1v) is 9.97. The minimum atomic E-state index is -0.247. The largest absolute Gasteiger partial charge is 0.303 e. The third-order valence-electron chi connectivity index (χ3n) is 3.86. The van der Waals surface area contributed by atoms with Crippen molar-refractivity contribution in [2.75, 3.05) is 25.8 Å². The molecule has 0 atom stereocenters. The number of nitrogens with zero attached hydrogens (tertiary/aromatic N) is 1. The van der Waals surface area contributed by atoms with Crippen LogP contribution in [0.15, 0.2) is 60.7 Å². The Bertz CT molecular complexity index is 466. The van der Waals surface area contributed by atoms with E-state index in [1.807, 2.05) is 0 Å². The average Bonchev–Trinajstić information content (AvgIpc) is 2.57. The smallest absolute Gasteiger partial charge is 0.00267 e. The lowest BCUT2D eigenvalue weighted by molar-refractivity contribution is 0.291. The number of rotatable bonds is 9. The molecule has 2 heteroatoms.